The molecule has 0 spiro atoms. The Labute approximate surface area is 102 Å². The van der Waals surface area contributed by atoms with Gasteiger partial charge in [0.25, 0.3) is 0 Å². The molecule has 1 aliphatic carbocycles. The van der Waals surface area contributed by atoms with Gasteiger partial charge >= 0.3 is 0 Å². The third-order valence-corrected chi connectivity index (χ3v) is 3.07. The van der Waals surface area contributed by atoms with E-state index in [-0.39, 0.29) is 0 Å². The van der Waals surface area contributed by atoms with Gasteiger partial charge in [0, 0.05) is 11.5 Å². The maximum atomic E-state index is 5.26. The van der Waals surface area contributed by atoms with Gasteiger partial charge in [-0.1, -0.05) is 36.2 Å². The lowest BCUT2D eigenvalue weighted by Crippen LogP contribution is -1.96. The van der Waals surface area contributed by atoms with Crippen molar-refractivity contribution in [2.24, 2.45) is 11.1 Å². The zero-order valence-corrected chi connectivity index (χ0v) is 10.2. The van der Waals surface area contributed by atoms with Gasteiger partial charge in [0.2, 0.25) is 0 Å². The molecule has 2 rings (SSSR count). The van der Waals surface area contributed by atoms with Crippen molar-refractivity contribution in [3.63, 3.8) is 0 Å². The zero-order chi connectivity index (χ0) is 11.9. The van der Waals surface area contributed by atoms with Crippen LogP contribution in [0.15, 0.2) is 29.4 Å². The van der Waals surface area contributed by atoms with Crippen LogP contribution < -0.4 is 4.74 Å². The van der Waals surface area contributed by atoms with Crippen LogP contribution >= 0.6 is 0 Å². The van der Waals surface area contributed by atoms with E-state index in [1.165, 1.54) is 25.7 Å². The van der Waals surface area contributed by atoms with E-state index in [4.69, 9.17) is 9.57 Å². The molecule has 3 nitrogen and oxygen atoms in total. The quantitative estimate of drug-likeness (QED) is 0.576. The van der Waals surface area contributed by atoms with E-state index in [0.717, 1.165) is 11.3 Å². The molecule has 1 fully saturated rings. The Morgan fingerprint density at radius 2 is 2.06 bits per heavy atom. The summed E-state index contributed by atoms with van der Waals surface area (Å²) in [5.41, 5.74) is 1.01. The van der Waals surface area contributed by atoms with Crippen molar-refractivity contribution < 1.29 is 9.57 Å². The second-order valence-corrected chi connectivity index (χ2v) is 4.29. The molecule has 17 heavy (non-hydrogen) atoms. The Bertz CT molecular complexity index is 370. The smallest absolute Gasteiger partial charge is 0.145 e. The molecule has 1 aromatic rings. The van der Waals surface area contributed by atoms with Crippen molar-refractivity contribution in [1.82, 2.24) is 0 Å². The van der Waals surface area contributed by atoms with E-state index in [9.17, 15) is 0 Å². The number of para-hydroxylation sites is 1. The molecule has 0 N–H and O–H groups in total. The average molecular weight is 232 g/mol. The fourth-order valence-electron chi connectivity index (χ4n) is 2.09. The van der Waals surface area contributed by atoms with Crippen molar-refractivity contribution in [1.29, 1.82) is 0 Å². The number of hydrogen-bond acceptors (Lipinski definition) is 3. The Kier molecular flexibility index (Phi) is 4.42. The molecule has 1 aromatic carbocycles. The van der Waals surface area contributed by atoms with Gasteiger partial charge < -0.3 is 9.57 Å². The minimum Gasteiger partial charge on any atom is -0.496 e. The number of ether oxygens (including phenoxy) is 1. The Hall–Kier alpha value is -1.51. The lowest BCUT2D eigenvalue weighted by molar-refractivity contribution is 0.128. The summed E-state index contributed by atoms with van der Waals surface area (Å²) < 4.78 is 5.23. The van der Waals surface area contributed by atoms with Crippen molar-refractivity contribution >= 4 is 6.21 Å². The number of nitrogens with zero attached hydrogens (tertiary/aromatic N) is 1. The number of rotatable bonds is 5. The molecule has 0 atom stereocenters. The first kappa shape index (κ1) is 12.0. The molecule has 0 unspecified atom stereocenters. The van der Waals surface area contributed by atoms with Gasteiger partial charge in [0.05, 0.1) is 7.11 Å². The van der Waals surface area contributed by atoms with Crippen LogP contribution in [0.5, 0.6) is 5.75 Å². The summed E-state index contributed by atoms with van der Waals surface area (Å²) in [4.78, 5) is 5.26. The number of hydrogen-bond donors (Lipinski definition) is 0. The van der Waals surface area contributed by atoms with Gasteiger partial charge in [-0.25, -0.2) is 0 Å². The summed E-state index contributed by atoms with van der Waals surface area (Å²) in [5.74, 6) is 1.33. The minimum absolute atomic E-state index is 0.434. The molecule has 0 saturated heterocycles. The van der Waals surface area contributed by atoms with Crippen LogP contribution in [-0.2, 0) is 11.4 Å². The predicted octanol–water partition coefficient (Wildman–Crippen LogP) is 3.26. The van der Waals surface area contributed by atoms with Crippen molar-refractivity contribution in [2.45, 2.75) is 32.3 Å². The van der Waals surface area contributed by atoms with Gasteiger partial charge in [-0.3, -0.25) is 0 Å². The van der Waals surface area contributed by atoms with Crippen LogP contribution in [0.3, 0.4) is 0 Å². The van der Waals surface area contributed by atoms with E-state index in [1.807, 2.05) is 24.3 Å². The minimum atomic E-state index is 0.434. The predicted molar refractivity (Wildman–Crippen MR) is 67.2 cm³/mol. The van der Waals surface area contributed by atoms with Crippen LogP contribution in [0, 0.1) is 5.92 Å². The molecule has 3 heteroatoms. The summed E-state index contributed by atoms with van der Waals surface area (Å²) in [6, 6.07) is 7.80. The van der Waals surface area contributed by atoms with E-state index in [1.54, 1.807) is 7.11 Å². The van der Waals surface area contributed by atoms with E-state index < -0.39 is 0 Å². The lowest BCUT2D eigenvalue weighted by atomic mass is 10.1. The lowest BCUT2D eigenvalue weighted by Gasteiger charge is -2.06. The van der Waals surface area contributed by atoms with Crippen LogP contribution in [0.1, 0.15) is 31.2 Å². The molecule has 0 amide bonds. The highest BCUT2D eigenvalue weighted by Gasteiger charge is 2.13. The largest absolute Gasteiger partial charge is 0.496 e. The molecule has 91 valence electrons. The van der Waals surface area contributed by atoms with Crippen molar-refractivity contribution in [2.75, 3.05) is 7.11 Å². The summed E-state index contributed by atoms with van der Waals surface area (Å²) in [7, 11) is 1.66. The first-order valence-corrected chi connectivity index (χ1v) is 6.09. The second-order valence-electron chi connectivity index (χ2n) is 4.29. The van der Waals surface area contributed by atoms with E-state index in [2.05, 4.69) is 11.4 Å². The summed E-state index contributed by atoms with van der Waals surface area (Å²) >= 11 is 0. The third kappa shape index (κ3) is 3.48. The topological polar surface area (TPSA) is 30.8 Å². The normalized spacial score (nSPS) is 16.5. The van der Waals surface area contributed by atoms with Gasteiger partial charge in [0.15, 0.2) is 0 Å². The van der Waals surface area contributed by atoms with Gasteiger partial charge in [-0.05, 0) is 18.9 Å². The average Bonchev–Trinajstić information content (AvgIpc) is 2.88. The molecule has 1 radical (unpaired) electrons. The van der Waals surface area contributed by atoms with Crippen LogP contribution in [0.4, 0.5) is 0 Å². The van der Waals surface area contributed by atoms with Crippen molar-refractivity contribution in [3.8, 4) is 5.75 Å². The highest BCUT2D eigenvalue weighted by atomic mass is 16.6. The Morgan fingerprint density at radius 3 is 2.82 bits per heavy atom. The summed E-state index contributed by atoms with van der Waals surface area (Å²) in [6.45, 7) is 0.434. The SMILES string of the molecule is COc1ccccc1CO/N=[C]\C1CCCC1. The molecular weight excluding hydrogens is 214 g/mol. The molecule has 0 aromatic heterocycles. The standard InChI is InChI=1S/C14H18NO2/c1-16-14-9-5-4-8-13(14)11-17-15-10-12-6-2-3-7-12/h4-5,8-9,12H,2-3,6-7,11H2,1H3. The van der Waals surface area contributed by atoms with Gasteiger partial charge in [0.1, 0.15) is 18.6 Å². The first-order chi connectivity index (χ1) is 8.40. The number of benzene rings is 1. The maximum absolute atomic E-state index is 5.26. The first-order valence-electron chi connectivity index (χ1n) is 6.09. The fraction of sp³-hybridized carbons (Fsp3) is 0.500. The zero-order valence-electron chi connectivity index (χ0n) is 10.2. The van der Waals surface area contributed by atoms with E-state index >= 15 is 0 Å². The van der Waals surface area contributed by atoms with Crippen LogP contribution in [0.25, 0.3) is 0 Å². The van der Waals surface area contributed by atoms with Crippen LogP contribution in [-0.4, -0.2) is 13.3 Å². The summed E-state index contributed by atoms with van der Waals surface area (Å²) in [5, 5.41) is 3.92. The van der Waals surface area contributed by atoms with Crippen molar-refractivity contribution in [3.05, 3.63) is 29.8 Å². The van der Waals surface area contributed by atoms with Crippen LogP contribution in [0.2, 0.25) is 0 Å². The molecular formula is C14H18NO2. The molecule has 0 bridgehead atoms. The third-order valence-electron chi connectivity index (χ3n) is 3.07. The van der Waals surface area contributed by atoms with Gasteiger partial charge in [-0.2, -0.15) is 0 Å². The molecule has 0 heterocycles. The summed E-state index contributed by atoms with van der Waals surface area (Å²) in [6.07, 6.45) is 8.03. The molecule has 0 aliphatic heterocycles. The monoisotopic (exact) mass is 232 g/mol. The highest BCUT2D eigenvalue weighted by molar-refractivity contribution is 5.60. The van der Waals surface area contributed by atoms with Gasteiger partial charge in [-0.15, -0.1) is 0 Å². The highest BCUT2D eigenvalue weighted by Crippen LogP contribution is 2.23. The van der Waals surface area contributed by atoms with E-state index in [0.29, 0.717) is 12.5 Å². The Balaban J connectivity index is 1.80. The molecule has 1 saturated carbocycles. The Morgan fingerprint density at radius 1 is 1.29 bits per heavy atom. The molecule has 1 aliphatic rings. The maximum Gasteiger partial charge on any atom is 0.145 e. The second kappa shape index (κ2) is 6.28. The fourth-order valence-corrected chi connectivity index (χ4v) is 2.09. The number of methoxy groups -OCH3 is 1.